The predicted molar refractivity (Wildman–Crippen MR) is 64.7 cm³/mol. The lowest BCUT2D eigenvalue weighted by Crippen LogP contribution is -2.48. The van der Waals surface area contributed by atoms with Crippen molar-refractivity contribution in [3.05, 3.63) is 29.5 Å². The van der Waals surface area contributed by atoms with Gasteiger partial charge in [0, 0.05) is 38.3 Å². The standard InChI is InChI=1S/C11H16BrN3/c1-2-3-4-14-6-10(7-14)8-15-9-11(12)5-13-15/h2,5,9-10H,1,3-4,6-8H2. The third kappa shape index (κ3) is 2.92. The quantitative estimate of drug-likeness (QED) is 0.764. The van der Waals surface area contributed by atoms with Crippen LogP contribution >= 0.6 is 15.9 Å². The summed E-state index contributed by atoms with van der Waals surface area (Å²) in [6.45, 7) is 8.33. The van der Waals surface area contributed by atoms with Crippen LogP contribution in [0.25, 0.3) is 0 Å². The molecule has 1 fully saturated rings. The van der Waals surface area contributed by atoms with Crippen LogP contribution in [0.5, 0.6) is 0 Å². The highest BCUT2D eigenvalue weighted by Gasteiger charge is 2.26. The highest BCUT2D eigenvalue weighted by Crippen LogP contribution is 2.18. The van der Waals surface area contributed by atoms with Gasteiger partial charge in [0.2, 0.25) is 0 Å². The molecule has 1 saturated heterocycles. The molecule has 0 bridgehead atoms. The Bertz CT molecular complexity index is 328. The van der Waals surface area contributed by atoms with Gasteiger partial charge in [0.25, 0.3) is 0 Å². The number of nitrogens with zero attached hydrogens (tertiary/aromatic N) is 3. The summed E-state index contributed by atoms with van der Waals surface area (Å²) in [4.78, 5) is 2.46. The molecule has 3 nitrogen and oxygen atoms in total. The molecule has 2 rings (SSSR count). The monoisotopic (exact) mass is 269 g/mol. The summed E-state index contributed by atoms with van der Waals surface area (Å²) in [5.74, 6) is 0.765. The number of hydrogen-bond donors (Lipinski definition) is 0. The Balaban J connectivity index is 1.69. The van der Waals surface area contributed by atoms with Crippen LogP contribution in [-0.2, 0) is 6.54 Å². The Hall–Kier alpha value is -0.610. The average Bonchev–Trinajstić information content (AvgIpc) is 2.55. The highest BCUT2D eigenvalue weighted by molar-refractivity contribution is 9.10. The molecule has 0 saturated carbocycles. The maximum absolute atomic E-state index is 4.26. The van der Waals surface area contributed by atoms with Crippen LogP contribution < -0.4 is 0 Å². The molecule has 0 radical (unpaired) electrons. The van der Waals surface area contributed by atoms with Crippen LogP contribution in [0.2, 0.25) is 0 Å². The van der Waals surface area contributed by atoms with Gasteiger partial charge in [-0.2, -0.15) is 5.10 Å². The molecule has 0 amide bonds. The highest BCUT2D eigenvalue weighted by atomic mass is 79.9. The van der Waals surface area contributed by atoms with E-state index in [2.05, 4.69) is 32.5 Å². The van der Waals surface area contributed by atoms with Crippen LogP contribution in [0.15, 0.2) is 29.5 Å². The minimum atomic E-state index is 0.765. The van der Waals surface area contributed by atoms with E-state index in [9.17, 15) is 0 Å². The van der Waals surface area contributed by atoms with Gasteiger partial charge in [0.15, 0.2) is 0 Å². The van der Waals surface area contributed by atoms with E-state index in [-0.39, 0.29) is 0 Å². The van der Waals surface area contributed by atoms with Crippen LogP contribution in [-0.4, -0.2) is 34.3 Å². The lowest BCUT2D eigenvalue weighted by molar-refractivity contribution is 0.0875. The van der Waals surface area contributed by atoms with Gasteiger partial charge in [0.1, 0.15) is 0 Å². The van der Waals surface area contributed by atoms with Crippen molar-refractivity contribution in [2.45, 2.75) is 13.0 Å². The maximum atomic E-state index is 4.26. The lowest BCUT2D eigenvalue weighted by atomic mass is 10.0. The fraction of sp³-hybridized carbons (Fsp3) is 0.545. The minimum absolute atomic E-state index is 0.765. The average molecular weight is 270 g/mol. The van der Waals surface area contributed by atoms with E-state index >= 15 is 0 Å². The molecule has 0 atom stereocenters. The van der Waals surface area contributed by atoms with Gasteiger partial charge >= 0.3 is 0 Å². The third-order valence-corrected chi connectivity index (χ3v) is 3.14. The maximum Gasteiger partial charge on any atom is 0.0632 e. The Kier molecular flexibility index (Phi) is 3.59. The van der Waals surface area contributed by atoms with E-state index < -0.39 is 0 Å². The number of aromatic nitrogens is 2. The van der Waals surface area contributed by atoms with Gasteiger partial charge in [-0.05, 0) is 22.4 Å². The van der Waals surface area contributed by atoms with E-state index in [0.717, 1.165) is 29.9 Å². The number of likely N-dealkylation sites (tertiary alicyclic amines) is 1. The largest absolute Gasteiger partial charge is 0.302 e. The second-order valence-electron chi connectivity index (χ2n) is 4.08. The SMILES string of the molecule is C=CCCN1CC(Cn2cc(Br)cn2)C1. The summed E-state index contributed by atoms with van der Waals surface area (Å²) >= 11 is 3.40. The summed E-state index contributed by atoms with van der Waals surface area (Å²) in [5.41, 5.74) is 0. The van der Waals surface area contributed by atoms with Crippen LogP contribution in [0.3, 0.4) is 0 Å². The van der Waals surface area contributed by atoms with Crippen LogP contribution in [0.4, 0.5) is 0 Å². The van der Waals surface area contributed by atoms with Gasteiger partial charge in [0.05, 0.1) is 10.7 Å². The molecule has 1 aromatic heterocycles. The van der Waals surface area contributed by atoms with Crippen molar-refractivity contribution < 1.29 is 0 Å². The first kappa shape index (κ1) is 10.9. The number of rotatable bonds is 5. The fourth-order valence-corrected chi connectivity index (χ4v) is 2.28. The van der Waals surface area contributed by atoms with E-state index in [1.807, 2.05) is 23.2 Å². The Labute approximate surface area is 98.9 Å². The molecule has 0 unspecified atom stereocenters. The van der Waals surface area contributed by atoms with Gasteiger partial charge in [-0.1, -0.05) is 6.08 Å². The van der Waals surface area contributed by atoms with E-state index in [1.54, 1.807) is 0 Å². The van der Waals surface area contributed by atoms with Crippen molar-refractivity contribution in [3.8, 4) is 0 Å². The first-order valence-electron chi connectivity index (χ1n) is 5.29. The second-order valence-corrected chi connectivity index (χ2v) is 5.00. The summed E-state index contributed by atoms with van der Waals surface area (Å²) in [6.07, 6.45) is 6.96. The molecule has 1 aliphatic heterocycles. The van der Waals surface area contributed by atoms with Crippen molar-refractivity contribution >= 4 is 15.9 Å². The first-order chi connectivity index (χ1) is 7.28. The van der Waals surface area contributed by atoms with Crippen molar-refractivity contribution in [1.29, 1.82) is 0 Å². The summed E-state index contributed by atoms with van der Waals surface area (Å²) in [5, 5.41) is 4.26. The molecule has 0 aromatic carbocycles. The molecule has 15 heavy (non-hydrogen) atoms. The lowest BCUT2D eigenvalue weighted by Gasteiger charge is -2.39. The Morgan fingerprint density at radius 1 is 1.60 bits per heavy atom. The Morgan fingerprint density at radius 3 is 3.00 bits per heavy atom. The topological polar surface area (TPSA) is 21.1 Å². The van der Waals surface area contributed by atoms with Crippen molar-refractivity contribution in [3.63, 3.8) is 0 Å². The van der Waals surface area contributed by atoms with Crippen molar-refractivity contribution in [1.82, 2.24) is 14.7 Å². The molecular weight excluding hydrogens is 254 g/mol. The van der Waals surface area contributed by atoms with Gasteiger partial charge < -0.3 is 4.90 Å². The number of hydrogen-bond acceptors (Lipinski definition) is 2. The molecule has 1 aromatic rings. The molecule has 2 heterocycles. The fourth-order valence-electron chi connectivity index (χ4n) is 1.95. The molecule has 0 aliphatic carbocycles. The zero-order valence-corrected chi connectivity index (χ0v) is 10.4. The summed E-state index contributed by atoms with van der Waals surface area (Å²) in [7, 11) is 0. The molecule has 4 heteroatoms. The van der Waals surface area contributed by atoms with Crippen molar-refractivity contribution in [2.24, 2.45) is 5.92 Å². The zero-order chi connectivity index (χ0) is 10.7. The molecule has 0 N–H and O–H groups in total. The molecule has 1 aliphatic rings. The minimum Gasteiger partial charge on any atom is -0.302 e. The van der Waals surface area contributed by atoms with Crippen molar-refractivity contribution in [2.75, 3.05) is 19.6 Å². The zero-order valence-electron chi connectivity index (χ0n) is 8.77. The summed E-state index contributed by atoms with van der Waals surface area (Å²) < 4.78 is 3.07. The first-order valence-corrected chi connectivity index (χ1v) is 6.08. The second kappa shape index (κ2) is 4.94. The van der Waals surface area contributed by atoms with E-state index in [1.165, 1.54) is 13.1 Å². The van der Waals surface area contributed by atoms with Gasteiger partial charge in [-0.3, -0.25) is 4.68 Å². The summed E-state index contributed by atoms with van der Waals surface area (Å²) in [6, 6.07) is 0. The molecule has 0 spiro atoms. The normalized spacial score (nSPS) is 17.7. The van der Waals surface area contributed by atoms with Gasteiger partial charge in [-0.25, -0.2) is 0 Å². The third-order valence-electron chi connectivity index (χ3n) is 2.73. The van der Waals surface area contributed by atoms with E-state index in [4.69, 9.17) is 0 Å². The van der Waals surface area contributed by atoms with Gasteiger partial charge in [-0.15, -0.1) is 6.58 Å². The smallest absolute Gasteiger partial charge is 0.0632 e. The Morgan fingerprint density at radius 2 is 2.40 bits per heavy atom. The molecule has 82 valence electrons. The van der Waals surface area contributed by atoms with Crippen LogP contribution in [0.1, 0.15) is 6.42 Å². The number of halogens is 1. The molecular formula is C11H16BrN3. The predicted octanol–water partition coefficient (Wildman–Crippen LogP) is 2.15. The van der Waals surface area contributed by atoms with Crippen LogP contribution in [0, 0.1) is 5.92 Å². The van der Waals surface area contributed by atoms with E-state index in [0.29, 0.717) is 0 Å².